The second-order valence-corrected chi connectivity index (χ2v) is 12.1. The minimum Gasteiger partial charge on any atom is -0.480 e. The number of nitrogens with one attached hydrogen (secondary N) is 2. The molecule has 0 aromatic heterocycles. The van der Waals surface area contributed by atoms with Gasteiger partial charge in [-0.1, -0.05) is 50.0 Å². The summed E-state index contributed by atoms with van der Waals surface area (Å²) >= 11 is 0. The van der Waals surface area contributed by atoms with E-state index in [1.54, 1.807) is 50.2 Å². The number of anilines is 1. The van der Waals surface area contributed by atoms with Gasteiger partial charge in [-0.3, -0.25) is 9.59 Å². The number of carboxylic acids is 1. The van der Waals surface area contributed by atoms with Gasteiger partial charge in [0.15, 0.2) is 0 Å². The SMILES string of the molecule is CC(C)C(NS(=O)(=O)N1CCN(c2ccc(C#Cc3cccc(C(=O)NCc4ccccc4C#N)c3)cc2)CC1)C(=O)O. The topological polar surface area (TPSA) is 143 Å². The van der Waals surface area contributed by atoms with Crippen molar-refractivity contribution in [3.8, 4) is 17.9 Å². The minimum absolute atomic E-state index is 0.232. The predicted molar refractivity (Wildman–Crippen MR) is 163 cm³/mol. The summed E-state index contributed by atoms with van der Waals surface area (Å²) in [6, 6.07) is 22.7. The molecule has 1 aliphatic heterocycles. The van der Waals surface area contributed by atoms with Gasteiger partial charge in [-0.15, -0.1) is 0 Å². The van der Waals surface area contributed by atoms with Crippen molar-refractivity contribution in [1.82, 2.24) is 14.3 Å². The number of amides is 1. The molecule has 3 aromatic carbocycles. The van der Waals surface area contributed by atoms with Gasteiger partial charge in [-0.25, -0.2) is 0 Å². The quantitative estimate of drug-likeness (QED) is 0.321. The molecular formula is C32H33N5O5S. The zero-order chi connectivity index (χ0) is 31.0. The van der Waals surface area contributed by atoms with Crippen molar-refractivity contribution < 1.29 is 23.1 Å². The fourth-order valence-corrected chi connectivity index (χ4v) is 6.08. The van der Waals surface area contributed by atoms with Gasteiger partial charge >= 0.3 is 5.97 Å². The van der Waals surface area contributed by atoms with E-state index in [0.29, 0.717) is 29.8 Å². The predicted octanol–water partition coefficient (Wildman–Crippen LogP) is 2.95. The van der Waals surface area contributed by atoms with Gasteiger partial charge in [0.1, 0.15) is 6.04 Å². The van der Waals surface area contributed by atoms with Crippen molar-refractivity contribution in [2.45, 2.75) is 26.4 Å². The highest BCUT2D eigenvalue weighted by Gasteiger charge is 2.32. The summed E-state index contributed by atoms with van der Waals surface area (Å²) in [6.45, 7) is 4.95. The number of carboxylic acid groups (broad SMARTS) is 1. The summed E-state index contributed by atoms with van der Waals surface area (Å²) in [4.78, 5) is 26.2. The van der Waals surface area contributed by atoms with Crippen molar-refractivity contribution in [3.05, 3.63) is 101 Å². The molecule has 3 N–H and O–H groups in total. The van der Waals surface area contributed by atoms with E-state index in [0.717, 1.165) is 16.8 Å². The van der Waals surface area contributed by atoms with Crippen LogP contribution in [-0.2, 0) is 21.5 Å². The number of hydrogen-bond acceptors (Lipinski definition) is 6. The number of benzene rings is 3. The summed E-state index contributed by atoms with van der Waals surface area (Å²) in [7, 11) is -3.93. The molecule has 222 valence electrons. The van der Waals surface area contributed by atoms with Gasteiger partial charge < -0.3 is 15.3 Å². The first-order valence-electron chi connectivity index (χ1n) is 13.8. The molecule has 0 radical (unpaired) electrons. The van der Waals surface area contributed by atoms with Crippen LogP contribution in [0.15, 0.2) is 72.8 Å². The number of hydrogen-bond donors (Lipinski definition) is 3. The lowest BCUT2D eigenvalue weighted by Crippen LogP contribution is -2.55. The zero-order valence-corrected chi connectivity index (χ0v) is 24.8. The molecule has 1 fully saturated rings. The van der Waals surface area contributed by atoms with Crippen molar-refractivity contribution in [3.63, 3.8) is 0 Å². The van der Waals surface area contributed by atoms with Crippen LogP contribution >= 0.6 is 0 Å². The minimum atomic E-state index is -3.93. The van der Waals surface area contributed by atoms with Gasteiger partial charge in [0.2, 0.25) is 0 Å². The number of rotatable bonds is 9. The third kappa shape index (κ3) is 8.21. The third-order valence-corrected chi connectivity index (χ3v) is 8.67. The van der Waals surface area contributed by atoms with Crippen LogP contribution in [-0.4, -0.2) is 61.9 Å². The van der Waals surface area contributed by atoms with Gasteiger partial charge in [-0.05, 0) is 60.0 Å². The summed E-state index contributed by atoms with van der Waals surface area (Å²) in [6.07, 6.45) is 0. The van der Waals surface area contributed by atoms with Crippen LogP contribution in [0.2, 0.25) is 0 Å². The van der Waals surface area contributed by atoms with Crippen molar-refractivity contribution in [2.24, 2.45) is 5.92 Å². The number of nitriles is 1. The van der Waals surface area contributed by atoms with Crippen LogP contribution in [0.4, 0.5) is 5.69 Å². The molecule has 1 aliphatic rings. The summed E-state index contributed by atoms with van der Waals surface area (Å²) < 4.78 is 29.1. The second-order valence-electron chi connectivity index (χ2n) is 10.4. The van der Waals surface area contributed by atoms with E-state index in [2.05, 4.69) is 32.8 Å². The Morgan fingerprint density at radius 3 is 2.26 bits per heavy atom. The zero-order valence-electron chi connectivity index (χ0n) is 23.9. The number of nitrogens with zero attached hydrogens (tertiary/aromatic N) is 3. The van der Waals surface area contributed by atoms with E-state index >= 15 is 0 Å². The average molecular weight is 600 g/mol. The van der Waals surface area contributed by atoms with Crippen LogP contribution in [0.5, 0.6) is 0 Å². The molecule has 1 heterocycles. The molecule has 1 amide bonds. The Morgan fingerprint density at radius 1 is 0.930 bits per heavy atom. The Kier molecular flexibility index (Phi) is 10.2. The summed E-state index contributed by atoms with van der Waals surface area (Å²) in [5.41, 5.74) is 4.13. The van der Waals surface area contributed by atoms with Crippen LogP contribution in [0.3, 0.4) is 0 Å². The van der Waals surface area contributed by atoms with E-state index < -0.39 is 22.2 Å². The maximum Gasteiger partial charge on any atom is 0.322 e. The second kappa shape index (κ2) is 14.0. The molecule has 43 heavy (non-hydrogen) atoms. The van der Waals surface area contributed by atoms with Crippen LogP contribution in [0.25, 0.3) is 0 Å². The van der Waals surface area contributed by atoms with Crippen LogP contribution in [0, 0.1) is 29.1 Å². The Hall–Kier alpha value is -4.68. The Morgan fingerprint density at radius 2 is 1.60 bits per heavy atom. The van der Waals surface area contributed by atoms with Crippen molar-refractivity contribution in [2.75, 3.05) is 31.1 Å². The highest BCUT2D eigenvalue weighted by molar-refractivity contribution is 7.87. The molecule has 1 saturated heterocycles. The Labute approximate surface area is 252 Å². The third-order valence-electron chi connectivity index (χ3n) is 7.07. The fourth-order valence-electron chi connectivity index (χ4n) is 4.59. The summed E-state index contributed by atoms with van der Waals surface area (Å²) in [5, 5.41) is 21.4. The normalized spacial score (nSPS) is 14.3. The van der Waals surface area contributed by atoms with E-state index in [9.17, 15) is 28.4 Å². The maximum atomic E-state index is 12.7. The lowest BCUT2D eigenvalue weighted by atomic mass is 10.1. The number of piperazine rings is 1. The number of carbonyl (C=O) groups is 2. The standard InChI is InChI=1S/C32H33N5O5S/c1-23(2)30(32(39)40)35-43(41,42)37-18-16-36(17-19-37)29-14-12-24(13-15-29)10-11-25-6-5-9-26(20-25)31(38)34-22-28-8-4-3-7-27(28)21-33/h3-9,12-15,20,23,30,35H,16-19,22H2,1-2H3,(H,34,38)(H,39,40). The number of aliphatic carboxylic acids is 1. The molecule has 0 bridgehead atoms. The molecular weight excluding hydrogens is 566 g/mol. The lowest BCUT2D eigenvalue weighted by molar-refractivity contribution is -0.140. The first-order chi connectivity index (χ1) is 20.6. The van der Waals surface area contributed by atoms with E-state index in [4.69, 9.17) is 0 Å². The van der Waals surface area contributed by atoms with Crippen LogP contribution < -0.4 is 14.9 Å². The van der Waals surface area contributed by atoms with Crippen molar-refractivity contribution in [1.29, 1.82) is 5.26 Å². The monoisotopic (exact) mass is 599 g/mol. The number of carbonyl (C=O) groups excluding carboxylic acids is 1. The largest absolute Gasteiger partial charge is 0.480 e. The summed E-state index contributed by atoms with van der Waals surface area (Å²) in [5.74, 6) is 4.36. The molecule has 1 atom stereocenters. The van der Waals surface area contributed by atoms with Gasteiger partial charge in [-0.2, -0.15) is 22.7 Å². The van der Waals surface area contributed by atoms with E-state index in [1.807, 2.05) is 36.4 Å². The lowest BCUT2D eigenvalue weighted by Gasteiger charge is -2.36. The molecule has 11 heteroatoms. The van der Waals surface area contributed by atoms with E-state index in [1.165, 1.54) is 4.31 Å². The maximum absolute atomic E-state index is 12.7. The Balaban J connectivity index is 1.33. The molecule has 3 aromatic rings. The van der Waals surface area contributed by atoms with E-state index in [-0.39, 0.29) is 31.5 Å². The average Bonchev–Trinajstić information content (AvgIpc) is 3.02. The molecule has 4 rings (SSSR count). The van der Waals surface area contributed by atoms with Crippen LogP contribution in [0.1, 0.15) is 46.5 Å². The molecule has 0 saturated carbocycles. The van der Waals surface area contributed by atoms with Gasteiger partial charge in [0, 0.05) is 55.1 Å². The highest BCUT2D eigenvalue weighted by Crippen LogP contribution is 2.19. The Bertz CT molecular complexity index is 1680. The fraction of sp³-hybridized carbons (Fsp3) is 0.281. The first-order valence-corrected chi connectivity index (χ1v) is 15.2. The first kappa shape index (κ1) is 31.3. The molecule has 0 aliphatic carbocycles. The molecule has 0 spiro atoms. The smallest absolute Gasteiger partial charge is 0.322 e. The highest BCUT2D eigenvalue weighted by atomic mass is 32.2. The van der Waals surface area contributed by atoms with Gasteiger partial charge in [0.25, 0.3) is 16.1 Å². The van der Waals surface area contributed by atoms with Crippen molar-refractivity contribution >= 4 is 27.8 Å². The van der Waals surface area contributed by atoms with Gasteiger partial charge in [0.05, 0.1) is 11.6 Å². The molecule has 1 unspecified atom stereocenters. The molecule has 10 nitrogen and oxygen atoms in total.